The number of urea groups is 1. The Kier molecular flexibility index (Phi) is 7.85. The van der Waals surface area contributed by atoms with E-state index in [0.29, 0.717) is 41.5 Å². The van der Waals surface area contributed by atoms with Gasteiger partial charge in [-0.25, -0.2) is 22.9 Å². The average molecular weight is 527 g/mol. The number of imidazole rings is 1. The zero-order valence-corrected chi connectivity index (χ0v) is 22.0. The fourth-order valence-electron chi connectivity index (χ4n) is 4.17. The molecule has 1 aromatic heterocycles. The number of thiol groups is 1. The summed E-state index contributed by atoms with van der Waals surface area (Å²) in [6, 6.07) is 13.3. The third-order valence-corrected chi connectivity index (χ3v) is 7.76. The van der Waals surface area contributed by atoms with Crippen LogP contribution in [0.1, 0.15) is 53.8 Å². The Hall–Kier alpha value is -3.11. The Bertz CT molecular complexity index is 1380. The second-order valence-electron chi connectivity index (χ2n) is 9.06. The summed E-state index contributed by atoms with van der Waals surface area (Å²) in [5.74, 6) is 1.27. The molecule has 2 amide bonds. The number of rotatable bonds is 10. The van der Waals surface area contributed by atoms with E-state index in [2.05, 4.69) is 34.6 Å². The highest BCUT2D eigenvalue weighted by molar-refractivity contribution is 7.97. The molecule has 0 spiro atoms. The van der Waals surface area contributed by atoms with Crippen LogP contribution in [0.25, 0.3) is 11.1 Å². The van der Waals surface area contributed by atoms with Crippen molar-refractivity contribution in [3.63, 3.8) is 0 Å². The Morgan fingerprint density at radius 2 is 1.81 bits per heavy atom. The van der Waals surface area contributed by atoms with Crippen LogP contribution in [0, 0.1) is 12.8 Å². The third kappa shape index (κ3) is 5.99. The average Bonchev–Trinajstić information content (AvgIpc) is 3.62. The smallest absolute Gasteiger partial charge is 0.328 e. The minimum absolute atomic E-state index is 0.0257. The number of amides is 2. The molecule has 0 bridgehead atoms. The van der Waals surface area contributed by atoms with E-state index >= 15 is 0 Å². The molecular weight excluding hydrogens is 496 g/mol. The zero-order valence-electron chi connectivity index (χ0n) is 20.3. The van der Waals surface area contributed by atoms with E-state index < -0.39 is 16.1 Å². The van der Waals surface area contributed by atoms with Gasteiger partial charge in [0, 0.05) is 25.1 Å². The molecule has 1 fully saturated rings. The summed E-state index contributed by atoms with van der Waals surface area (Å²) in [5, 5.41) is 2.29. The number of aromatic nitrogens is 2. The van der Waals surface area contributed by atoms with E-state index in [0.717, 1.165) is 37.1 Å². The van der Waals surface area contributed by atoms with Gasteiger partial charge in [-0.3, -0.25) is 4.79 Å². The fraction of sp³-hybridized carbons (Fsp3) is 0.346. The van der Waals surface area contributed by atoms with Crippen molar-refractivity contribution in [2.75, 3.05) is 6.54 Å². The molecule has 0 aliphatic heterocycles. The number of hydrogen-bond donors (Lipinski definition) is 3. The van der Waals surface area contributed by atoms with Crippen molar-refractivity contribution in [1.82, 2.24) is 19.6 Å². The van der Waals surface area contributed by atoms with Crippen molar-refractivity contribution in [1.29, 1.82) is 0 Å². The van der Waals surface area contributed by atoms with Gasteiger partial charge < -0.3 is 9.88 Å². The summed E-state index contributed by atoms with van der Waals surface area (Å²) >= 11 is 4.04. The van der Waals surface area contributed by atoms with Crippen LogP contribution in [0.5, 0.6) is 0 Å². The van der Waals surface area contributed by atoms with Gasteiger partial charge in [0.1, 0.15) is 11.5 Å². The number of carbonyl (C=O) groups excluding carboxylic acids is 2. The van der Waals surface area contributed by atoms with Gasteiger partial charge in [0.2, 0.25) is 5.12 Å². The lowest BCUT2D eigenvalue weighted by Gasteiger charge is -2.14. The van der Waals surface area contributed by atoms with Gasteiger partial charge in [0.05, 0.1) is 10.6 Å². The number of sulfonamides is 1. The molecule has 2 N–H and O–H groups in total. The molecule has 2 aromatic carbocycles. The van der Waals surface area contributed by atoms with Crippen molar-refractivity contribution < 1.29 is 18.0 Å². The largest absolute Gasteiger partial charge is 0.337 e. The van der Waals surface area contributed by atoms with Crippen molar-refractivity contribution in [3.05, 3.63) is 71.3 Å². The molecule has 36 heavy (non-hydrogen) atoms. The molecule has 4 rings (SSSR count). The maximum absolute atomic E-state index is 13.0. The quantitative estimate of drug-likeness (QED) is 0.341. The van der Waals surface area contributed by atoms with Gasteiger partial charge in [-0.05, 0) is 49.3 Å². The molecule has 1 heterocycles. The van der Waals surface area contributed by atoms with Gasteiger partial charge in [0.25, 0.3) is 10.0 Å². The molecule has 1 saturated carbocycles. The normalized spacial score (nSPS) is 13.4. The van der Waals surface area contributed by atoms with Crippen molar-refractivity contribution in [2.45, 2.75) is 51.0 Å². The molecule has 1 aliphatic carbocycles. The third-order valence-electron chi connectivity index (χ3n) is 6.15. The first-order valence-corrected chi connectivity index (χ1v) is 13.9. The van der Waals surface area contributed by atoms with Crippen LogP contribution >= 0.6 is 12.6 Å². The molecule has 3 aromatic rings. The first-order valence-electron chi connectivity index (χ1n) is 12.0. The van der Waals surface area contributed by atoms with E-state index in [4.69, 9.17) is 0 Å². The van der Waals surface area contributed by atoms with Crippen LogP contribution in [-0.4, -0.2) is 35.7 Å². The molecule has 190 valence electrons. The predicted octanol–water partition coefficient (Wildman–Crippen LogP) is 4.33. The minimum Gasteiger partial charge on any atom is -0.337 e. The first-order chi connectivity index (χ1) is 17.2. The second-order valence-corrected chi connectivity index (χ2v) is 11.1. The van der Waals surface area contributed by atoms with Crippen LogP contribution in [-0.2, 0) is 23.0 Å². The van der Waals surface area contributed by atoms with Gasteiger partial charge in [-0.2, -0.15) is 0 Å². The molecule has 8 nitrogen and oxygen atoms in total. The van der Waals surface area contributed by atoms with Gasteiger partial charge >= 0.3 is 6.03 Å². The molecule has 0 atom stereocenters. The SMILES string of the molecule is CCCc1nc(C)c(C(=O)S)n1Cc1ccc(-c2ccccc2S(=O)(=O)NC(=O)NCC2CC2)cc1. The summed E-state index contributed by atoms with van der Waals surface area (Å²) in [4.78, 5) is 28.9. The number of nitrogens with zero attached hydrogens (tertiary/aromatic N) is 2. The number of aryl methyl sites for hydroxylation is 2. The molecule has 1 aliphatic rings. The van der Waals surface area contributed by atoms with Gasteiger partial charge in [0.15, 0.2) is 0 Å². The molecule has 10 heteroatoms. The highest BCUT2D eigenvalue weighted by Crippen LogP contribution is 2.29. The summed E-state index contributed by atoms with van der Waals surface area (Å²) in [5.41, 5.74) is 3.25. The zero-order chi connectivity index (χ0) is 25.9. The number of benzene rings is 2. The van der Waals surface area contributed by atoms with Crippen LogP contribution in [0.2, 0.25) is 0 Å². The standard InChI is InChI=1S/C26H30N4O4S2/c1-3-6-23-28-17(2)24(25(31)35)30(23)16-19-11-13-20(14-12-19)21-7-4-5-8-22(21)36(33,34)29-26(32)27-15-18-9-10-18/h4-5,7-8,11-14,18H,3,6,9-10,15-16H2,1-2H3,(H,31,35)(H2,27,29,32). The topological polar surface area (TPSA) is 110 Å². The lowest BCUT2D eigenvalue weighted by Crippen LogP contribution is -2.40. The molecule has 0 saturated heterocycles. The lowest BCUT2D eigenvalue weighted by molar-refractivity contribution is 0.108. The van der Waals surface area contributed by atoms with E-state index in [9.17, 15) is 18.0 Å². The fourth-order valence-corrected chi connectivity index (χ4v) is 5.61. The van der Waals surface area contributed by atoms with E-state index in [1.54, 1.807) is 25.1 Å². The monoisotopic (exact) mass is 526 g/mol. The Balaban J connectivity index is 1.57. The van der Waals surface area contributed by atoms with E-state index in [-0.39, 0.29) is 10.0 Å². The van der Waals surface area contributed by atoms with Crippen LogP contribution in [0.3, 0.4) is 0 Å². The molecular formula is C26H30N4O4S2. The van der Waals surface area contributed by atoms with Gasteiger partial charge in [-0.1, -0.05) is 62.0 Å². The maximum Gasteiger partial charge on any atom is 0.328 e. The number of carbonyl (C=O) groups is 2. The van der Waals surface area contributed by atoms with Gasteiger partial charge in [-0.15, -0.1) is 0 Å². The Morgan fingerprint density at radius 1 is 1.11 bits per heavy atom. The van der Waals surface area contributed by atoms with Crippen LogP contribution < -0.4 is 10.0 Å². The summed E-state index contributed by atoms with van der Waals surface area (Å²) in [6.45, 7) is 4.78. The Morgan fingerprint density at radius 3 is 2.44 bits per heavy atom. The van der Waals surface area contributed by atoms with Crippen molar-refractivity contribution in [3.8, 4) is 11.1 Å². The van der Waals surface area contributed by atoms with E-state index in [1.807, 2.05) is 28.8 Å². The summed E-state index contributed by atoms with van der Waals surface area (Å²) in [6.07, 6.45) is 3.75. The number of hydrogen-bond acceptors (Lipinski definition) is 5. The van der Waals surface area contributed by atoms with Crippen molar-refractivity contribution in [2.24, 2.45) is 5.92 Å². The number of nitrogens with one attached hydrogen (secondary N) is 2. The summed E-state index contributed by atoms with van der Waals surface area (Å²) in [7, 11) is -4.07. The Labute approximate surface area is 217 Å². The van der Waals surface area contributed by atoms with E-state index in [1.165, 1.54) is 6.07 Å². The maximum atomic E-state index is 13.0. The minimum atomic E-state index is -4.07. The predicted molar refractivity (Wildman–Crippen MR) is 142 cm³/mol. The summed E-state index contributed by atoms with van der Waals surface area (Å²) < 4.78 is 30.0. The van der Waals surface area contributed by atoms with Crippen molar-refractivity contribution >= 4 is 33.8 Å². The lowest BCUT2D eigenvalue weighted by atomic mass is 10.0. The molecule has 0 unspecified atom stereocenters. The second kappa shape index (κ2) is 10.9. The van der Waals surface area contributed by atoms with Crippen LogP contribution in [0.15, 0.2) is 53.4 Å². The molecule has 0 radical (unpaired) electrons. The first kappa shape index (κ1) is 26.0. The van der Waals surface area contributed by atoms with Crippen LogP contribution in [0.4, 0.5) is 4.79 Å². The highest BCUT2D eigenvalue weighted by atomic mass is 32.2. The highest BCUT2D eigenvalue weighted by Gasteiger charge is 2.25.